The first-order valence-corrected chi connectivity index (χ1v) is 19.0. The van der Waals surface area contributed by atoms with E-state index >= 15 is 0 Å². The van der Waals surface area contributed by atoms with E-state index in [0.717, 1.165) is 42.4 Å². The van der Waals surface area contributed by atoms with Gasteiger partial charge in [0.25, 0.3) is 15.9 Å². The number of ether oxygens (including phenoxy) is 2. The summed E-state index contributed by atoms with van der Waals surface area (Å²) in [5.41, 5.74) is 3.29. The van der Waals surface area contributed by atoms with Crippen molar-refractivity contribution in [3.63, 3.8) is 0 Å². The van der Waals surface area contributed by atoms with Crippen LogP contribution in [0.25, 0.3) is 11.3 Å². The molecule has 11 nitrogen and oxygen atoms in total. The van der Waals surface area contributed by atoms with Crippen molar-refractivity contribution in [3.8, 4) is 17.1 Å². The number of benzene rings is 2. The summed E-state index contributed by atoms with van der Waals surface area (Å²) in [6.45, 7) is 14.5. The quantitative estimate of drug-likeness (QED) is 0.283. The summed E-state index contributed by atoms with van der Waals surface area (Å²) in [6.07, 6.45) is 3.98. The number of alkyl carbamates (subject to hydrolysis) is 1. The smallest absolute Gasteiger partial charge is 0.407 e. The molecule has 0 unspecified atom stereocenters. The SMILES string of the molecule is Cc1cccc(C)c1-c1cc2nc(n1)NS(=O)(=O)c1cccc(c1)C(=O)N(CC1CC3(C1)CC(NC(=O)OC(C)(C)C)C3)[C@H](CC(C)C)CO2. The molecule has 2 amide bonds. The lowest BCUT2D eigenvalue weighted by Gasteiger charge is -2.58. The van der Waals surface area contributed by atoms with Gasteiger partial charge in [-0.15, -0.1) is 0 Å². The molecule has 12 heteroatoms. The Morgan fingerprint density at radius 1 is 1.06 bits per heavy atom. The molecule has 1 atom stereocenters. The number of amides is 2. The van der Waals surface area contributed by atoms with Gasteiger partial charge in [0.15, 0.2) is 0 Å². The number of fused-ring (bicyclic) bond motifs is 4. The van der Waals surface area contributed by atoms with E-state index in [4.69, 9.17) is 9.47 Å². The van der Waals surface area contributed by atoms with Crippen LogP contribution in [0, 0.1) is 31.1 Å². The van der Waals surface area contributed by atoms with E-state index in [0.29, 0.717) is 24.2 Å². The number of nitrogens with zero attached hydrogens (tertiary/aromatic N) is 3. The van der Waals surface area contributed by atoms with Gasteiger partial charge in [0.05, 0.1) is 16.6 Å². The number of hydrogen-bond acceptors (Lipinski definition) is 8. The molecule has 4 bridgehead atoms. The fraction of sp³-hybridized carbons (Fsp3) is 0.526. The molecule has 1 aromatic heterocycles. The van der Waals surface area contributed by atoms with Crippen molar-refractivity contribution in [1.29, 1.82) is 0 Å². The fourth-order valence-corrected chi connectivity index (χ4v) is 8.90. The Kier molecular flexibility index (Phi) is 9.62. The van der Waals surface area contributed by atoms with Crippen molar-refractivity contribution in [2.45, 2.75) is 103 Å². The number of sulfonamides is 1. The van der Waals surface area contributed by atoms with Crippen LogP contribution in [-0.2, 0) is 14.8 Å². The van der Waals surface area contributed by atoms with Gasteiger partial charge >= 0.3 is 6.09 Å². The Morgan fingerprint density at radius 2 is 1.74 bits per heavy atom. The second kappa shape index (κ2) is 13.5. The van der Waals surface area contributed by atoms with Crippen molar-refractivity contribution in [1.82, 2.24) is 20.2 Å². The van der Waals surface area contributed by atoms with Crippen LogP contribution in [0.2, 0.25) is 0 Å². The molecule has 2 heterocycles. The maximum absolute atomic E-state index is 14.4. The minimum Gasteiger partial charge on any atom is -0.475 e. The highest BCUT2D eigenvalue weighted by molar-refractivity contribution is 7.92. The Morgan fingerprint density at radius 3 is 2.40 bits per heavy atom. The molecule has 2 saturated carbocycles. The zero-order valence-electron chi connectivity index (χ0n) is 30.1. The molecule has 6 rings (SSSR count). The van der Waals surface area contributed by atoms with Crippen molar-refractivity contribution in [2.75, 3.05) is 17.9 Å². The van der Waals surface area contributed by atoms with Crippen molar-refractivity contribution in [3.05, 3.63) is 65.2 Å². The van der Waals surface area contributed by atoms with E-state index in [1.165, 1.54) is 12.1 Å². The third kappa shape index (κ3) is 7.90. The predicted octanol–water partition coefficient (Wildman–Crippen LogP) is 6.89. The number of hydrogen-bond donors (Lipinski definition) is 2. The normalized spacial score (nSPS) is 24.4. The zero-order valence-corrected chi connectivity index (χ0v) is 30.9. The van der Waals surface area contributed by atoms with Crippen molar-refractivity contribution < 1.29 is 27.5 Å². The van der Waals surface area contributed by atoms with Crippen LogP contribution in [-0.4, -0.2) is 66.1 Å². The lowest BCUT2D eigenvalue weighted by Crippen LogP contribution is -2.59. The first kappa shape index (κ1) is 35.6. The number of carbonyl (C=O) groups excluding carboxylic acids is 2. The highest BCUT2D eigenvalue weighted by Gasteiger charge is 2.54. The van der Waals surface area contributed by atoms with Crippen LogP contribution in [0.4, 0.5) is 10.7 Å². The van der Waals surface area contributed by atoms with Gasteiger partial charge in [0.1, 0.15) is 12.2 Å². The molecule has 268 valence electrons. The third-order valence-corrected chi connectivity index (χ3v) is 11.2. The van der Waals surface area contributed by atoms with Crippen molar-refractivity contribution >= 4 is 28.0 Å². The van der Waals surface area contributed by atoms with Crippen LogP contribution in [0.1, 0.15) is 88.2 Å². The minimum atomic E-state index is -4.14. The molecule has 3 aromatic rings. The number of nitrogens with one attached hydrogen (secondary N) is 2. The lowest BCUT2D eigenvalue weighted by atomic mass is 9.50. The molecule has 2 N–H and O–H groups in total. The van der Waals surface area contributed by atoms with E-state index in [1.54, 1.807) is 18.2 Å². The van der Waals surface area contributed by atoms with Gasteiger partial charge in [0.2, 0.25) is 11.8 Å². The van der Waals surface area contributed by atoms with E-state index < -0.39 is 15.6 Å². The van der Waals surface area contributed by atoms with Crippen LogP contribution in [0.3, 0.4) is 0 Å². The van der Waals surface area contributed by atoms with Crippen LogP contribution >= 0.6 is 0 Å². The van der Waals surface area contributed by atoms with Gasteiger partial charge in [-0.2, -0.15) is 4.98 Å². The Bertz CT molecular complexity index is 1850. The van der Waals surface area contributed by atoms with E-state index in [-0.39, 0.29) is 64.7 Å². The molecule has 2 aliphatic carbocycles. The maximum atomic E-state index is 14.4. The van der Waals surface area contributed by atoms with E-state index in [9.17, 15) is 18.0 Å². The molecule has 1 aliphatic heterocycles. The lowest BCUT2D eigenvalue weighted by molar-refractivity contribution is -0.0628. The first-order chi connectivity index (χ1) is 23.5. The molecule has 2 fully saturated rings. The highest BCUT2D eigenvalue weighted by Crippen LogP contribution is 2.59. The molecular formula is C38H49N5O6S. The Hall–Kier alpha value is -4.19. The molecular weight excluding hydrogens is 655 g/mol. The molecule has 0 saturated heterocycles. The van der Waals surface area contributed by atoms with E-state index in [1.807, 2.05) is 57.7 Å². The number of aromatic nitrogens is 2. The van der Waals surface area contributed by atoms with Crippen LogP contribution in [0.5, 0.6) is 5.88 Å². The average molecular weight is 704 g/mol. The largest absolute Gasteiger partial charge is 0.475 e. The number of anilines is 1. The van der Waals surface area contributed by atoms with Gasteiger partial charge < -0.3 is 19.7 Å². The maximum Gasteiger partial charge on any atom is 0.407 e. The topological polar surface area (TPSA) is 140 Å². The molecule has 0 radical (unpaired) electrons. The van der Waals surface area contributed by atoms with Gasteiger partial charge in [0, 0.05) is 29.8 Å². The van der Waals surface area contributed by atoms with Gasteiger partial charge in [-0.1, -0.05) is 38.1 Å². The third-order valence-electron chi connectivity index (χ3n) is 9.90. The summed E-state index contributed by atoms with van der Waals surface area (Å²) in [6, 6.07) is 13.6. The van der Waals surface area contributed by atoms with E-state index in [2.05, 4.69) is 33.9 Å². The monoisotopic (exact) mass is 703 g/mol. The second-order valence-corrected chi connectivity index (χ2v) is 17.6. The number of carbonyl (C=O) groups is 2. The fourth-order valence-electron chi connectivity index (χ4n) is 7.91. The Labute approximate surface area is 295 Å². The van der Waals surface area contributed by atoms with Crippen LogP contribution in [0.15, 0.2) is 53.4 Å². The zero-order chi connectivity index (χ0) is 36.0. The van der Waals surface area contributed by atoms with Gasteiger partial charge in [-0.3, -0.25) is 4.79 Å². The molecule has 50 heavy (non-hydrogen) atoms. The van der Waals surface area contributed by atoms with Gasteiger partial charge in [-0.25, -0.2) is 22.9 Å². The standard InChI is InChI=1S/C38H49N5O6S/c1-23(2)14-29-22-48-32-16-31(33-24(3)10-8-11-25(33)4)40-35(41-32)42-50(46,47)30-13-9-12-27(15-30)34(44)43(29)21-26-17-38(18-26)19-28(20-38)39-36(45)49-37(5,6)7/h8-13,15-16,23,26,28-29H,14,17-22H2,1-7H3,(H,39,45)(H,40,41,42)/t26?,28?,29-,38?/m1/s1. The van der Waals surface area contributed by atoms with Crippen LogP contribution < -0.4 is 14.8 Å². The number of rotatable bonds is 6. The Balaban J connectivity index is 1.28. The predicted molar refractivity (Wildman–Crippen MR) is 192 cm³/mol. The molecule has 3 aliphatic rings. The average Bonchev–Trinajstić information content (AvgIpc) is 2.97. The second-order valence-electron chi connectivity index (χ2n) is 15.9. The molecule has 2 aromatic carbocycles. The first-order valence-electron chi connectivity index (χ1n) is 17.5. The summed E-state index contributed by atoms with van der Waals surface area (Å²) in [7, 11) is -4.14. The minimum absolute atomic E-state index is 0.0490. The van der Waals surface area contributed by atoms with Crippen molar-refractivity contribution in [2.24, 2.45) is 17.3 Å². The van der Waals surface area contributed by atoms with Gasteiger partial charge in [-0.05, 0) is 113 Å². The highest BCUT2D eigenvalue weighted by atomic mass is 32.2. The molecule has 1 spiro atoms. The number of aryl methyl sites for hydroxylation is 2. The summed E-state index contributed by atoms with van der Waals surface area (Å²) in [5, 5.41) is 3.00. The summed E-state index contributed by atoms with van der Waals surface area (Å²) in [4.78, 5) is 37.6. The summed E-state index contributed by atoms with van der Waals surface area (Å²) >= 11 is 0. The summed E-state index contributed by atoms with van der Waals surface area (Å²) < 4.78 is 41.7. The summed E-state index contributed by atoms with van der Waals surface area (Å²) in [5.74, 6) is 0.412.